The Bertz CT molecular complexity index is 814. The topological polar surface area (TPSA) is 105 Å². The number of carboxylic acids is 1. The van der Waals surface area contributed by atoms with Gasteiger partial charge in [-0.05, 0) is 30.3 Å². The van der Waals surface area contributed by atoms with E-state index in [1.165, 1.54) is 11.2 Å². The standard InChI is InChI=1S/C16H15ClN4O4/c17-20-7-10-6-14(19-9-18-10)25-13-3-1-2-12-11(13)4-5-15(22)21(12)8-16(23)24/h1-3,6,9,20H,4-5,7-8H2,(H,23,24). The lowest BCUT2D eigenvalue weighted by molar-refractivity contribution is -0.136. The van der Waals surface area contributed by atoms with Crippen molar-refractivity contribution < 1.29 is 19.4 Å². The molecule has 1 aliphatic heterocycles. The lowest BCUT2D eigenvalue weighted by atomic mass is 10.00. The van der Waals surface area contributed by atoms with E-state index in [0.717, 1.165) is 5.56 Å². The summed E-state index contributed by atoms with van der Waals surface area (Å²) in [4.78, 5) is 35.0. The Kier molecular flexibility index (Phi) is 5.11. The molecule has 2 N–H and O–H groups in total. The predicted molar refractivity (Wildman–Crippen MR) is 89.6 cm³/mol. The van der Waals surface area contributed by atoms with E-state index in [1.807, 2.05) is 0 Å². The predicted octanol–water partition coefficient (Wildman–Crippen LogP) is 1.88. The van der Waals surface area contributed by atoms with Crippen molar-refractivity contribution in [1.82, 2.24) is 14.8 Å². The second-order valence-electron chi connectivity index (χ2n) is 5.39. The number of halogens is 1. The third-order valence-electron chi connectivity index (χ3n) is 3.74. The zero-order valence-electron chi connectivity index (χ0n) is 13.1. The first-order chi connectivity index (χ1) is 12.1. The molecule has 0 fully saturated rings. The molecule has 0 bridgehead atoms. The average molecular weight is 363 g/mol. The van der Waals surface area contributed by atoms with Crippen LogP contribution >= 0.6 is 11.8 Å². The first-order valence-electron chi connectivity index (χ1n) is 7.55. The van der Waals surface area contributed by atoms with Crippen molar-refractivity contribution in [3.8, 4) is 11.6 Å². The maximum atomic E-state index is 12.1. The molecule has 1 aromatic heterocycles. The molecule has 2 heterocycles. The minimum Gasteiger partial charge on any atom is -0.480 e. The van der Waals surface area contributed by atoms with Gasteiger partial charge in [0.1, 0.15) is 18.6 Å². The smallest absolute Gasteiger partial charge is 0.323 e. The van der Waals surface area contributed by atoms with E-state index in [9.17, 15) is 9.59 Å². The van der Waals surface area contributed by atoms with Gasteiger partial charge < -0.3 is 14.7 Å². The number of benzene rings is 1. The number of aromatic nitrogens is 2. The van der Waals surface area contributed by atoms with Gasteiger partial charge in [0.15, 0.2) is 0 Å². The van der Waals surface area contributed by atoms with Gasteiger partial charge in [0.25, 0.3) is 0 Å². The van der Waals surface area contributed by atoms with Crippen LogP contribution in [0.3, 0.4) is 0 Å². The monoisotopic (exact) mass is 362 g/mol. The van der Waals surface area contributed by atoms with Crippen LogP contribution in [0.4, 0.5) is 5.69 Å². The Morgan fingerprint density at radius 3 is 2.96 bits per heavy atom. The molecule has 0 spiro atoms. The quantitative estimate of drug-likeness (QED) is 0.756. The molecule has 0 radical (unpaired) electrons. The summed E-state index contributed by atoms with van der Waals surface area (Å²) in [6, 6.07) is 6.84. The first-order valence-corrected chi connectivity index (χ1v) is 7.92. The van der Waals surface area contributed by atoms with Crippen molar-refractivity contribution in [2.75, 3.05) is 11.4 Å². The van der Waals surface area contributed by atoms with Crippen LogP contribution in [0.5, 0.6) is 11.6 Å². The maximum absolute atomic E-state index is 12.1. The summed E-state index contributed by atoms with van der Waals surface area (Å²) in [5.41, 5.74) is 1.99. The van der Waals surface area contributed by atoms with Gasteiger partial charge in [-0.15, -0.1) is 0 Å². The van der Waals surface area contributed by atoms with Crippen LogP contribution in [0.2, 0.25) is 0 Å². The van der Waals surface area contributed by atoms with Gasteiger partial charge in [-0.1, -0.05) is 6.07 Å². The van der Waals surface area contributed by atoms with Crippen LogP contribution in [-0.4, -0.2) is 33.5 Å². The Morgan fingerprint density at radius 1 is 1.36 bits per heavy atom. The molecule has 130 valence electrons. The third kappa shape index (κ3) is 3.86. The number of amides is 1. The normalized spacial score (nSPS) is 13.5. The number of aliphatic carboxylic acids is 1. The summed E-state index contributed by atoms with van der Waals surface area (Å²) in [5.74, 6) is -0.415. The molecule has 1 aliphatic rings. The fourth-order valence-corrected chi connectivity index (χ4v) is 2.81. The number of rotatable bonds is 6. The van der Waals surface area contributed by atoms with Crippen molar-refractivity contribution in [2.45, 2.75) is 19.4 Å². The van der Waals surface area contributed by atoms with Crippen LogP contribution in [0.25, 0.3) is 0 Å². The van der Waals surface area contributed by atoms with E-state index in [-0.39, 0.29) is 18.9 Å². The van der Waals surface area contributed by atoms with Crippen LogP contribution in [-0.2, 0) is 22.6 Å². The van der Waals surface area contributed by atoms with Gasteiger partial charge >= 0.3 is 5.97 Å². The van der Waals surface area contributed by atoms with Crippen LogP contribution in [0.1, 0.15) is 17.7 Å². The summed E-state index contributed by atoms with van der Waals surface area (Å²) in [7, 11) is 0. The number of carbonyl (C=O) groups excluding carboxylic acids is 1. The second kappa shape index (κ2) is 7.45. The van der Waals surface area contributed by atoms with Gasteiger partial charge in [-0.25, -0.2) is 14.8 Å². The number of hydrogen-bond acceptors (Lipinski definition) is 6. The van der Waals surface area contributed by atoms with Gasteiger partial charge in [0, 0.05) is 18.1 Å². The second-order valence-corrected chi connectivity index (χ2v) is 5.65. The first kappa shape index (κ1) is 17.1. The SMILES string of the molecule is O=C(O)CN1C(=O)CCc2c(Oc3cc(CNCl)ncn3)cccc21. The van der Waals surface area contributed by atoms with E-state index in [2.05, 4.69) is 14.8 Å². The Morgan fingerprint density at radius 2 is 2.20 bits per heavy atom. The molecule has 1 amide bonds. The number of nitrogens with zero attached hydrogens (tertiary/aromatic N) is 3. The summed E-state index contributed by atoms with van der Waals surface area (Å²) in [6.07, 6.45) is 2.07. The Balaban J connectivity index is 1.91. The van der Waals surface area contributed by atoms with Gasteiger partial charge in [0.2, 0.25) is 11.8 Å². The van der Waals surface area contributed by atoms with Crippen molar-refractivity contribution in [1.29, 1.82) is 0 Å². The van der Waals surface area contributed by atoms with Crippen molar-refractivity contribution in [3.05, 3.63) is 41.9 Å². The zero-order valence-corrected chi connectivity index (χ0v) is 13.9. The zero-order chi connectivity index (χ0) is 17.8. The fourth-order valence-electron chi connectivity index (χ4n) is 2.67. The fraction of sp³-hybridized carbons (Fsp3) is 0.250. The van der Waals surface area contributed by atoms with Crippen molar-refractivity contribution >= 4 is 29.3 Å². The number of ether oxygens (including phenoxy) is 1. The Labute approximate surface area is 148 Å². The number of carboxylic acid groups (broad SMARTS) is 1. The van der Waals surface area contributed by atoms with E-state index >= 15 is 0 Å². The van der Waals surface area contributed by atoms with Crippen LogP contribution in [0.15, 0.2) is 30.6 Å². The van der Waals surface area contributed by atoms with Crippen molar-refractivity contribution in [2.24, 2.45) is 0 Å². The summed E-state index contributed by atoms with van der Waals surface area (Å²) < 4.78 is 5.84. The van der Waals surface area contributed by atoms with Gasteiger partial charge in [-0.2, -0.15) is 0 Å². The van der Waals surface area contributed by atoms with E-state index in [4.69, 9.17) is 21.6 Å². The maximum Gasteiger partial charge on any atom is 0.323 e. The van der Waals surface area contributed by atoms with Crippen LogP contribution in [0, 0.1) is 0 Å². The molecule has 9 heteroatoms. The molecule has 0 saturated carbocycles. The lowest BCUT2D eigenvalue weighted by Crippen LogP contribution is -2.39. The minimum absolute atomic E-state index is 0.218. The highest BCUT2D eigenvalue weighted by Gasteiger charge is 2.28. The molecule has 0 atom stereocenters. The van der Waals surface area contributed by atoms with E-state index in [0.29, 0.717) is 36.0 Å². The van der Waals surface area contributed by atoms with E-state index in [1.54, 1.807) is 24.3 Å². The number of anilines is 1. The average Bonchev–Trinajstić information content (AvgIpc) is 2.58. The number of nitrogens with one attached hydrogen (secondary N) is 1. The lowest BCUT2D eigenvalue weighted by Gasteiger charge is -2.29. The summed E-state index contributed by atoms with van der Waals surface area (Å²) in [6.45, 7) is -0.0252. The van der Waals surface area contributed by atoms with Gasteiger partial charge in [-0.3, -0.25) is 9.59 Å². The number of carbonyl (C=O) groups is 2. The molecule has 0 aliphatic carbocycles. The largest absolute Gasteiger partial charge is 0.480 e. The molecule has 25 heavy (non-hydrogen) atoms. The molecule has 0 saturated heterocycles. The summed E-state index contributed by atoms with van der Waals surface area (Å²) in [5, 5.41) is 9.04. The highest BCUT2D eigenvalue weighted by Crippen LogP contribution is 2.36. The molecule has 3 rings (SSSR count). The van der Waals surface area contributed by atoms with Crippen molar-refractivity contribution in [3.63, 3.8) is 0 Å². The number of fused-ring (bicyclic) bond motifs is 1. The highest BCUT2D eigenvalue weighted by molar-refractivity contribution is 6.13. The highest BCUT2D eigenvalue weighted by atomic mass is 35.5. The van der Waals surface area contributed by atoms with Gasteiger partial charge in [0.05, 0.1) is 17.9 Å². The number of hydrogen-bond donors (Lipinski definition) is 2. The molecule has 0 unspecified atom stereocenters. The molecule has 1 aromatic carbocycles. The molecular formula is C16H15ClN4O4. The third-order valence-corrected chi connectivity index (χ3v) is 3.88. The minimum atomic E-state index is -1.07. The van der Waals surface area contributed by atoms with Crippen LogP contribution < -0.4 is 14.5 Å². The van der Waals surface area contributed by atoms with E-state index < -0.39 is 5.97 Å². The summed E-state index contributed by atoms with van der Waals surface area (Å²) >= 11 is 5.48. The Hall–Kier alpha value is -2.71. The molecule has 8 nitrogen and oxygen atoms in total. The molecule has 2 aromatic rings. The molecular weight excluding hydrogens is 348 g/mol.